The number of anilines is 1. The summed E-state index contributed by atoms with van der Waals surface area (Å²) in [6, 6.07) is 8.25. The lowest BCUT2D eigenvalue weighted by molar-refractivity contribution is -0.386. The average Bonchev–Trinajstić information content (AvgIpc) is 2.69. The third kappa shape index (κ3) is 5.47. The van der Waals surface area contributed by atoms with Gasteiger partial charge in [0.15, 0.2) is 12.4 Å². The van der Waals surface area contributed by atoms with E-state index >= 15 is 0 Å². The first-order valence-corrected chi connectivity index (χ1v) is 10.9. The van der Waals surface area contributed by atoms with Gasteiger partial charge in [0, 0.05) is 29.9 Å². The average molecular weight is 456 g/mol. The van der Waals surface area contributed by atoms with Crippen molar-refractivity contribution in [2.45, 2.75) is 25.7 Å². The molecule has 11 heteroatoms. The molecule has 0 atom stereocenters. The first-order valence-electron chi connectivity index (χ1n) is 9.07. The summed E-state index contributed by atoms with van der Waals surface area (Å²) in [4.78, 5) is 22.6. The van der Waals surface area contributed by atoms with Crippen LogP contribution < -0.4 is 10.1 Å². The van der Waals surface area contributed by atoms with Crippen molar-refractivity contribution in [3.05, 3.63) is 57.1 Å². The number of nitro groups is 1. The molecular weight excluding hydrogens is 434 g/mol. The zero-order chi connectivity index (χ0) is 22.5. The highest BCUT2D eigenvalue weighted by Gasteiger charge is 2.26. The van der Waals surface area contributed by atoms with Gasteiger partial charge in [-0.25, -0.2) is 8.42 Å². The number of aryl methyl sites for hydroxylation is 1. The maximum Gasteiger partial charge on any atom is 0.312 e. The van der Waals surface area contributed by atoms with Crippen molar-refractivity contribution in [1.29, 1.82) is 0 Å². The molecule has 1 N–H and O–H groups in total. The summed E-state index contributed by atoms with van der Waals surface area (Å²) in [7, 11) is -3.87. The molecule has 0 fully saturated rings. The minimum atomic E-state index is -3.87. The van der Waals surface area contributed by atoms with E-state index in [0.717, 1.165) is 11.6 Å². The molecule has 1 amide bonds. The van der Waals surface area contributed by atoms with Crippen LogP contribution in [0, 0.1) is 17.0 Å². The van der Waals surface area contributed by atoms with E-state index in [4.69, 9.17) is 16.3 Å². The molecule has 0 aromatic heterocycles. The van der Waals surface area contributed by atoms with Gasteiger partial charge >= 0.3 is 5.69 Å². The number of sulfonamides is 1. The molecule has 9 nitrogen and oxygen atoms in total. The Labute approximate surface area is 179 Å². The molecule has 2 rings (SSSR count). The number of ether oxygens (including phenoxy) is 1. The first-order chi connectivity index (χ1) is 14.1. The zero-order valence-corrected chi connectivity index (χ0v) is 18.3. The number of hydrogen-bond acceptors (Lipinski definition) is 6. The molecule has 2 aromatic rings. The third-order valence-corrected chi connectivity index (χ3v) is 6.57. The molecule has 0 heterocycles. The lowest BCUT2D eigenvalue weighted by atomic mass is 10.2. The second-order valence-corrected chi connectivity index (χ2v) is 8.65. The summed E-state index contributed by atoms with van der Waals surface area (Å²) >= 11 is 5.88. The van der Waals surface area contributed by atoms with Crippen LogP contribution in [0.4, 0.5) is 11.4 Å². The Morgan fingerprint density at radius 3 is 2.43 bits per heavy atom. The van der Waals surface area contributed by atoms with Gasteiger partial charge in [0.1, 0.15) is 0 Å². The standard InChI is InChI=1S/C19H22ClN3O6S/c1-4-22(5-2)30(27,28)15-7-9-18(17(11-15)23(25)26)29-12-19(24)21-16-8-6-14(20)10-13(16)3/h6-11H,4-5,12H2,1-3H3,(H,21,24). The lowest BCUT2D eigenvalue weighted by Crippen LogP contribution is -2.30. The predicted octanol–water partition coefficient (Wildman–Crippen LogP) is 3.60. The molecule has 0 saturated carbocycles. The van der Waals surface area contributed by atoms with Gasteiger partial charge in [-0.2, -0.15) is 4.31 Å². The largest absolute Gasteiger partial charge is 0.477 e. The highest BCUT2D eigenvalue weighted by atomic mass is 35.5. The van der Waals surface area contributed by atoms with Crippen LogP contribution in [0.15, 0.2) is 41.3 Å². The lowest BCUT2D eigenvalue weighted by Gasteiger charge is -2.18. The van der Waals surface area contributed by atoms with Gasteiger partial charge < -0.3 is 10.1 Å². The number of carbonyl (C=O) groups excluding carboxylic acids is 1. The van der Waals surface area contributed by atoms with Crippen LogP contribution in [0.2, 0.25) is 5.02 Å². The molecule has 30 heavy (non-hydrogen) atoms. The Kier molecular flexibility index (Phi) is 7.77. The quantitative estimate of drug-likeness (QED) is 0.455. The number of halogens is 1. The topological polar surface area (TPSA) is 119 Å². The second kappa shape index (κ2) is 9.88. The van der Waals surface area contributed by atoms with Gasteiger partial charge in [-0.1, -0.05) is 25.4 Å². The zero-order valence-electron chi connectivity index (χ0n) is 16.7. The second-order valence-electron chi connectivity index (χ2n) is 6.27. The SMILES string of the molecule is CCN(CC)S(=O)(=O)c1ccc(OCC(=O)Nc2ccc(Cl)cc2C)c([N+](=O)[O-])c1. The Balaban J connectivity index is 2.19. The summed E-state index contributed by atoms with van der Waals surface area (Å²) < 4.78 is 31.7. The van der Waals surface area contributed by atoms with Crippen LogP contribution in [0.1, 0.15) is 19.4 Å². The summed E-state index contributed by atoms with van der Waals surface area (Å²) in [6.45, 7) is 5.08. The molecule has 0 saturated heterocycles. The van der Waals surface area contributed by atoms with Crippen molar-refractivity contribution in [2.24, 2.45) is 0 Å². The molecule has 0 aliphatic heterocycles. The molecule has 0 aliphatic carbocycles. The predicted molar refractivity (Wildman–Crippen MR) is 114 cm³/mol. The van der Waals surface area contributed by atoms with Gasteiger partial charge in [-0.15, -0.1) is 0 Å². The molecule has 0 radical (unpaired) electrons. The third-order valence-electron chi connectivity index (χ3n) is 4.29. The van der Waals surface area contributed by atoms with Crippen molar-refractivity contribution in [3.8, 4) is 5.75 Å². The van der Waals surface area contributed by atoms with Crippen LogP contribution in [-0.4, -0.2) is 43.2 Å². The molecular formula is C19H22ClN3O6S. The van der Waals surface area contributed by atoms with E-state index in [1.54, 1.807) is 39.0 Å². The van der Waals surface area contributed by atoms with Crippen LogP contribution in [-0.2, 0) is 14.8 Å². The Morgan fingerprint density at radius 2 is 1.87 bits per heavy atom. The summed E-state index contributed by atoms with van der Waals surface area (Å²) in [5, 5.41) is 14.6. The number of nitrogens with zero attached hydrogens (tertiary/aromatic N) is 2. The van der Waals surface area contributed by atoms with Gasteiger partial charge in [-0.3, -0.25) is 14.9 Å². The van der Waals surface area contributed by atoms with Crippen molar-refractivity contribution < 1.29 is 22.9 Å². The Bertz CT molecular complexity index is 1050. The Hall–Kier alpha value is -2.69. The molecule has 2 aromatic carbocycles. The van der Waals surface area contributed by atoms with Crippen molar-refractivity contribution in [2.75, 3.05) is 25.0 Å². The smallest absolute Gasteiger partial charge is 0.312 e. The fourth-order valence-electron chi connectivity index (χ4n) is 2.73. The number of nitro benzene ring substituents is 1. The first kappa shape index (κ1) is 23.6. The van der Waals surface area contributed by atoms with Crippen LogP contribution >= 0.6 is 11.6 Å². The molecule has 0 bridgehead atoms. The summed E-state index contributed by atoms with van der Waals surface area (Å²) in [5.74, 6) is -0.740. The fraction of sp³-hybridized carbons (Fsp3) is 0.316. The van der Waals surface area contributed by atoms with Gasteiger partial charge in [0.25, 0.3) is 5.91 Å². The molecule has 162 valence electrons. The van der Waals surface area contributed by atoms with E-state index in [9.17, 15) is 23.3 Å². The molecule has 0 aliphatic rings. The maximum atomic E-state index is 12.6. The normalized spacial score (nSPS) is 11.4. The van der Waals surface area contributed by atoms with Crippen LogP contribution in [0.25, 0.3) is 0 Å². The van der Waals surface area contributed by atoms with Crippen LogP contribution in [0.3, 0.4) is 0 Å². The van der Waals surface area contributed by atoms with E-state index in [2.05, 4.69) is 5.32 Å². The number of amides is 1. The number of benzene rings is 2. The number of hydrogen-bond donors (Lipinski definition) is 1. The van der Waals surface area contributed by atoms with Gasteiger partial charge in [-0.05, 0) is 42.8 Å². The van der Waals surface area contributed by atoms with Gasteiger partial charge in [0.2, 0.25) is 10.0 Å². The van der Waals surface area contributed by atoms with Crippen molar-refractivity contribution in [1.82, 2.24) is 4.31 Å². The summed E-state index contributed by atoms with van der Waals surface area (Å²) in [6.07, 6.45) is 0. The van der Waals surface area contributed by atoms with E-state index in [1.807, 2.05) is 0 Å². The van der Waals surface area contributed by atoms with E-state index in [1.165, 1.54) is 16.4 Å². The Morgan fingerprint density at radius 1 is 1.20 bits per heavy atom. The highest BCUT2D eigenvalue weighted by molar-refractivity contribution is 7.89. The van der Waals surface area contributed by atoms with Gasteiger partial charge in [0.05, 0.1) is 9.82 Å². The number of rotatable bonds is 9. The van der Waals surface area contributed by atoms with Crippen molar-refractivity contribution in [3.63, 3.8) is 0 Å². The van der Waals surface area contributed by atoms with E-state index in [0.29, 0.717) is 10.7 Å². The monoisotopic (exact) mass is 455 g/mol. The van der Waals surface area contributed by atoms with Crippen LogP contribution in [0.5, 0.6) is 5.75 Å². The number of nitrogens with one attached hydrogen (secondary N) is 1. The fourth-order valence-corrected chi connectivity index (χ4v) is 4.44. The number of carbonyl (C=O) groups is 1. The minimum Gasteiger partial charge on any atom is -0.477 e. The minimum absolute atomic E-state index is 0.207. The maximum absolute atomic E-state index is 12.6. The van der Waals surface area contributed by atoms with E-state index < -0.39 is 33.1 Å². The highest BCUT2D eigenvalue weighted by Crippen LogP contribution is 2.31. The molecule has 0 spiro atoms. The molecule has 0 unspecified atom stereocenters. The summed E-state index contributed by atoms with van der Waals surface area (Å²) in [5.41, 5.74) is 0.731. The van der Waals surface area contributed by atoms with Crippen molar-refractivity contribution >= 4 is 38.9 Å². The van der Waals surface area contributed by atoms with E-state index in [-0.39, 0.29) is 23.7 Å².